The van der Waals surface area contributed by atoms with E-state index < -0.39 is 5.41 Å². The number of rotatable bonds is 5. The summed E-state index contributed by atoms with van der Waals surface area (Å²) in [7, 11) is 0. The number of nitrogens with zero attached hydrogens (tertiary/aromatic N) is 1. The number of aldehydes is 1. The van der Waals surface area contributed by atoms with Gasteiger partial charge in [-0.25, -0.2) is 0 Å². The van der Waals surface area contributed by atoms with E-state index in [9.17, 15) is 19.8 Å². The molecule has 124 valence electrons. The van der Waals surface area contributed by atoms with Crippen molar-refractivity contribution in [2.24, 2.45) is 5.92 Å². The van der Waals surface area contributed by atoms with Crippen LogP contribution in [0, 0.1) is 5.92 Å². The third-order valence-corrected chi connectivity index (χ3v) is 5.15. The Morgan fingerprint density at radius 3 is 2.74 bits per heavy atom. The topological polar surface area (TPSA) is 77.8 Å². The first-order valence-electron chi connectivity index (χ1n) is 8.28. The van der Waals surface area contributed by atoms with Crippen LogP contribution in [0.5, 0.6) is 11.5 Å². The molecule has 0 aromatic heterocycles. The zero-order valence-corrected chi connectivity index (χ0v) is 13.2. The van der Waals surface area contributed by atoms with Crippen LogP contribution in [0.4, 0.5) is 0 Å². The number of piperidine rings is 1. The molecule has 2 N–H and O–H groups in total. The van der Waals surface area contributed by atoms with Crippen LogP contribution in [0.15, 0.2) is 18.2 Å². The van der Waals surface area contributed by atoms with Gasteiger partial charge >= 0.3 is 0 Å². The number of amides is 1. The quantitative estimate of drug-likeness (QED) is 0.645. The van der Waals surface area contributed by atoms with E-state index in [-0.39, 0.29) is 17.4 Å². The van der Waals surface area contributed by atoms with Crippen LogP contribution in [0.1, 0.15) is 44.1 Å². The van der Waals surface area contributed by atoms with E-state index in [2.05, 4.69) is 0 Å². The molecule has 5 heteroatoms. The first-order valence-corrected chi connectivity index (χ1v) is 8.28. The molecule has 1 aromatic rings. The van der Waals surface area contributed by atoms with Gasteiger partial charge in [-0.15, -0.1) is 0 Å². The summed E-state index contributed by atoms with van der Waals surface area (Å²) >= 11 is 0. The predicted molar refractivity (Wildman–Crippen MR) is 85.3 cm³/mol. The molecule has 0 unspecified atom stereocenters. The zero-order valence-electron chi connectivity index (χ0n) is 13.2. The average Bonchev–Trinajstić information content (AvgIpc) is 3.34. The number of likely N-dealkylation sites (tertiary alicyclic amines) is 1. The molecule has 1 heterocycles. The van der Waals surface area contributed by atoms with Gasteiger partial charge in [0, 0.05) is 31.3 Å². The first-order chi connectivity index (χ1) is 11.0. The van der Waals surface area contributed by atoms with Crippen molar-refractivity contribution in [1.82, 2.24) is 4.90 Å². The van der Waals surface area contributed by atoms with Crippen LogP contribution in [0.2, 0.25) is 0 Å². The fourth-order valence-corrected chi connectivity index (χ4v) is 3.58. The van der Waals surface area contributed by atoms with E-state index in [0.29, 0.717) is 25.3 Å². The summed E-state index contributed by atoms with van der Waals surface area (Å²) < 4.78 is 0. The van der Waals surface area contributed by atoms with Gasteiger partial charge in [0.05, 0.1) is 0 Å². The molecule has 1 aliphatic heterocycles. The van der Waals surface area contributed by atoms with Gasteiger partial charge in [0.15, 0.2) is 11.5 Å². The molecule has 1 saturated carbocycles. The predicted octanol–water partition coefficient (Wildman–Crippen LogP) is 2.35. The van der Waals surface area contributed by atoms with Crippen LogP contribution >= 0.6 is 0 Å². The number of phenolic OH excluding ortho intramolecular Hbond substituents is 2. The second kappa shape index (κ2) is 6.22. The fourth-order valence-electron chi connectivity index (χ4n) is 3.58. The number of phenols is 2. The Balaban J connectivity index is 1.84. The molecule has 0 radical (unpaired) electrons. The van der Waals surface area contributed by atoms with E-state index in [4.69, 9.17) is 0 Å². The monoisotopic (exact) mass is 317 g/mol. The van der Waals surface area contributed by atoms with E-state index in [1.54, 1.807) is 6.07 Å². The summed E-state index contributed by atoms with van der Waals surface area (Å²) in [5.74, 6) is 0.356. The van der Waals surface area contributed by atoms with Gasteiger partial charge in [0.25, 0.3) is 0 Å². The number of hydrogen-bond donors (Lipinski definition) is 2. The molecule has 1 atom stereocenters. The molecule has 23 heavy (non-hydrogen) atoms. The molecule has 1 aromatic carbocycles. The third kappa shape index (κ3) is 3.33. The lowest BCUT2D eigenvalue weighted by Gasteiger charge is -2.42. The number of hydrogen-bond acceptors (Lipinski definition) is 4. The normalized spacial score (nSPS) is 24.4. The molecule has 2 aliphatic rings. The summed E-state index contributed by atoms with van der Waals surface area (Å²) in [6.45, 7) is 1.23. The minimum Gasteiger partial charge on any atom is -0.504 e. The van der Waals surface area contributed by atoms with Crippen molar-refractivity contribution in [3.05, 3.63) is 23.8 Å². The Kier molecular flexibility index (Phi) is 4.28. The Morgan fingerprint density at radius 2 is 2.09 bits per heavy atom. The van der Waals surface area contributed by atoms with E-state index in [1.165, 1.54) is 12.1 Å². The molecule has 2 fully saturated rings. The number of aromatic hydroxyl groups is 2. The summed E-state index contributed by atoms with van der Waals surface area (Å²) in [5.41, 5.74) is 0.341. The van der Waals surface area contributed by atoms with Crippen molar-refractivity contribution in [1.29, 1.82) is 0 Å². The number of carbonyl (C=O) groups is 2. The molecule has 1 saturated heterocycles. The Morgan fingerprint density at radius 1 is 1.30 bits per heavy atom. The van der Waals surface area contributed by atoms with Crippen LogP contribution in [0.3, 0.4) is 0 Å². The van der Waals surface area contributed by atoms with Gasteiger partial charge in [-0.3, -0.25) is 4.79 Å². The van der Waals surface area contributed by atoms with Crippen molar-refractivity contribution in [2.75, 3.05) is 13.1 Å². The highest BCUT2D eigenvalue weighted by atomic mass is 16.3. The van der Waals surface area contributed by atoms with Gasteiger partial charge in [0.1, 0.15) is 6.29 Å². The second-order valence-corrected chi connectivity index (χ2v) is 6.92. The molecule has 5 nitrogen and oxygen atoms in total. The minimum absolute atomic E-state index is 0.172. The molecule has 1 aliphatic carbocycles. The highest BCUT2D eigenvalue weighted by molar-refractivity contribution is 5.77. The zero-order chi connectivity index (χ0) is 16.4. The van der Waals surface area contributed by atoms with E-state index >= 15 is 0 Å². The van der Waals surface area contributed by atoms with Crippen LogP contribution in [-0.2, 0) is 15.0 Å². The SMILES string of the molecule is O=CC[C@]1(c2ccc(O)c(O)c2)CCCN(C(=O)CC2CC2)C1. The lowest BCUT2D eigenvalue weighted by atomic mass is 9.72. The lowest BCUT2D eigenvalue weighted by Crippen LogP contribution is -2.48. The van der Waals surface area contributed by atoms with Gasteiger partial charge in [0.2, 0.25) is 5.91 Å². The third-order valence-electron chi connectivity index (χ3n) is 5.15. The molecule has 3 rings (SSSR count). The minimum atomic E-state index is -0.468. The maximum absolute atomic E-state index is 12.4. The van der Waals surface area contributed by atoms with Crippen LogP contribution in [0.25, 0.3) is 0 Å². The maximum atomic E-state index is 12.4. The first kappa shape index (κ1) is 15.8. The molecule has 0 bridgehead atoms. The van der Waals surface area contributed by atoms with Crippen molar-refractivity contribution < 1.29 is 19.8 Å². The standard InChI is InChI=1S/C18H23NO4/c20-9-7-18(14-4-5-15(21)16(22)11-14)6-1-8-19(12-18)17(23)10-13-2-3-13/h4-5,9,11,13,21-22H,1-3,6-8,10,12H2/t18-/m1/s1. The molecular weight excluding hydrogens is 294 g/mol. The average molecular weight is 317 g/mol. The summed E-state index contributed by atoms with van der Waals surface area (Å²) in [6, 6.07) is 4.71. The number of benzene rings is 1. The second-order valence-electron chi connectivity index (χ2n) is 6.92. The summed E-state index contributed by atoms with van der Waals surface area (Å²) in [6.07, 6.45) is 5.73. The van der Waals surface area contributed by atoms with Gasteiger partial charge in [-0.1, -0.05) is 6.07 Å². The van der Waals surface area contributed by atoms with Gasteiger partial charge in [-0.2, -0.15) is 0 Å². The Labute approximate surface area is 135 Å². The van der Waals surface area contributed by atoms with Crippen LogP contribution < -0.4 is 0 Å². The van der Waals surface area contributed by atoms with Crippen LogP contribution in [-0.4, -0.2) is 40.4 Å². The lowest BCUT2D eigenvalue weighted by molar-refractivity contribution is -0.134. The van der Waals surface area contributed by atoms with Crippen molar-refractivity contribution in [3.63, 3.8) is 0 Å². The maximum Gasteiger partial charge on any atom is 0.222 e. The van der Waals surface area contributed by atoms with E-state index in [1.807, 2.05) is 4.90 Å². The molecule has 0 spiro atoms. The van der Waals surface area contributed by atoms with Gasteiger partial charge in [-0.05, 0) is 49.3 Å². The van der Waals surface area contributed by atoms with Crippen molar-refractivity contribution in [3.8, 4) is 11.5 Å². The fraction of sp³-hybridized carbons (Fsp3) is 0.556. The summed E-state index contributed by atoms with van der Waals surface area (Å²) in [4.78, 5) is 25.6. The Bertz CT molecular complexity index is 611. The number of carbonyl (C=O) groups excluding carboxylic acids is 2. The molecule has 1 amide bonds. The van der Waals surface area contributed by atoms with Crippen molar-refractivity contribution in [2.45, 2.75) is 43.9 Å². The highest BCUT2D eigenvalue weighted by Gasteiger charge is 2.39. The van der Waals surface area contributed by atoms with Crippen molar-refractivity contribution >= 4 is 12.2 Å². The largest absolute Gasteiger partial charge is 0.504 e. The molecular formula is C18H23NO4. The Hall–Kier alpha value is -2.04. The smallest absolute Gasteiger partial charge is 0.222 e. The summed E-state index contributed by atoms with van der Waals surface area (Å²) in [5, 5.41) is 19.3. The van der Waals surface area contributed by atoms with Gasteiger partial charge < -0.3 is 19.9 Å². The van der Waals surface area contributed by atoms with E-state index in [0.717, 1.165) is 44.1 Å². The highest BCUT2D eigenvalue weighted by Crippen LogP contribution is 2.41.